The summed E-state index contributed by atoms with van der Waals surface area (Å²) in [6.07, 6.45) is 0. The van der Waals surface area contributed by atoms with Gasteiger partial charge in [-0.05, 0) is 36.8 Å². The van der Waals surface area contributed by atoms with Crippen molar-refractivity contribution in [3.63, 3.8) is 0 Å². The molecule has 0 aliphatic carbocycles. The van der Waals surface area contributed by atoms with Gasteiger partial charge in [-0.1, -0.05) is 6.07 Å². The molecule has 0 heterocycles. The van der Waals surface area contributed by atoms with Crippen LogP contribution in [0, 0.1) is 24.4 Å². The number of carboxylic acid groups (broad SMARTS) is 1. The number of hydrogen-bond donors (Lipinski definition) is 1. The van der Waals surface area contributed by atoms with Crippen molar-refractivity contribution < 1.29 is 23.1 Å². The summed E-state index contributed by atoms with van der Waals surface area (Å²) in [7, 11) is 0. The molecule has 2 rings (SSSR count). The number of hydrogen-bond acceptors (Lipinski definition) is 1. The average Bonchev–Trinajstić information content (AvgIpc) is 2.36. The second-order valence-corrected chi connectivity index (χ2v) is 4.05. The second-order valence-electron chi connectivity index (χ2n) is 4.05. The van der Waals surface area contributed by atoms with Gasteiger partial charge in [-0.2, -0.15) is 0 Å². The van der Waals surface area contributed by atoms with E-state index in [4.69, 9.17) is 5.11 Å². The molecule has 0 spiro atoms. The first-order chi connectivity index (χ1) is 8.91. The van der Waals surface area contributed by atoms with Gasteiger partial charge in [0, 0.05) is 5.56 Å². The Morgan fingerprint density at radius 3 is 2.32 bits per heavy atom. The van der Waals surface area contributed by atoms with Crippen LogP contribution in [0.1, 0.15) is 15.9 Å². The van der Waals surface area contributed by atoms with E-state index >= 15 is 0 Å². The van der Waals surface area contributed by atoms with Crippen molar-refractivity contribution in [2.75, 3.05) is 0 Å². The predicted octanol–water partition coefficient (Wildman–Crippen LogP) is 3.78. The minimum Gasteiger partial charge on any atom is -0.478 e. The maximum Gasteiger partial charge on any atom is 0.335 e. The molecule has 1 N–H and O–H groups in total. The standard InChI is InChI=1S/C14H9F3O2/c1-7-2-4-11(16)12(13(7)17)9-6-8(14(18)19)3-5-10(9)15/h2-6H,1H3,(H,18,19). The van der Waals surface area contributed by atoms with Gasteiger partial charge < -0.3 is 5.11 Å². The molecular weight excluding hydrogens is 257 g/mol. The van der Waals surface area contributed by atoms with Gasteiger partial charge in [0.1, 0.15) is 17.5 Å². The van der Waals surface area contributed by atoms with Gasteiger partial charge in [0.25, 0.3) is 0 Å². The van der Waals surface area contributed by atoms with Crippen LogP contribution >= 0.6 is 0 Å². The lowest BCUT2D eigenvalue weighted by Gasteiger charge is -2.09. The number of aromatic carboxylic acids is 1. The minimum absolute atomic E-state index is 0.150. The van der Waals surface area contributed by atoms with Gasteiger partial charge in [-0.15, -0.1) is 0 Å². The van der Waals surface area contributed by atoms with Crippen LogP contribution in [0.2, 0.25) is 0 Å². The Morgan fingerprint density at radius 2 is 1.68 bits per heavy atom. The molecule has 0 amide bonds. The SMILES string of the molecule is Cc1ccc(F)c(-c2cc(C(=O)O)ccc2F)c1F. The number of aryl methyl sites for hydroxylation is 1. The van der Waals surface area contributed by atoms with Gasteiger partial charge in [-0.25, -0.2) is 18.0 Å². The third-order valence-corrected chi connectivity index (χ3v) is 2.77. The zero-order chi connectivity index (χ0) is 14.2. The Morgan fingerprint density at radius 1 is 1.05 bits per heavy atom. The van der Waals surface area contributed by atoms with Crippen molar-refractivity contribution in [3.05, 3.63) is 58.9 Å². The molecule has 98 valence electrons. The Kier molecular flexibility index (Phi) is 3.29. The molecule has 0 atom stereocenters. The van der Waals surface area contributed by atoms with Gasteiger partial charge >= 0.3 is 5.97 Å². The molecule has 0 saturated carbocycles. The van der Waals surface area contributed by atoms with Crippen molar-refractivity contribution in [2.45, 2.75) is 6.92 Å². The second kappa shape index (κ2) is 4.76. The number of carbonyl (C=O) groups is 1. The number of carboxylic acids is 1. The van der Waals surface area contributed by atoms with Crippen LogP contribution in [0.25, 0.3) is 11.1 Å². The first-order valence-electron chi connectivity index (χ1n) is 5.39. The molecule has 0 radical (unpaired) electrons. The summed E-state index contributed by atoms with van der Waals surface area (Å²) in [5, 5.41) is 8.83. The predicted molar refractivity (Wildman–Crippen MR) is 63.4 cm³/mol. The smallest absolute Gasteiger partial charge is 0.335 e. The summed E-state index contributed by atoms with van der Waals surface area (Å²) >= 11 is 0. The molecule has 2 aromatic carbocycles. The summed E-state index contributed by atoms with van der Waals surface area (Å²) in [5.74, 6) is -4.02. The van der Waals surface area contributed by atoms with Crippen molar-refractivity contribution >= 4 is 5.97 Å². The van der Waals surface area contributed by atoms with E-state index in [0.717, 1.165) is 24.3 Å². The van der Waals surface area contributed by atoms with Gasteiger partial charge in [-0.3, -0.25) is 0 Å². The van der Waals surface area contributed by atoms with Crippen LogP contribution in [0.15, 0.2) is 30.3 Å². The Bertz CT molecular complexity index is 666. The molecule has 5 heteroatoms. The van der Waals surface area contributed by atoms with E-state index in [1.54, 1.807) is 0 Å². The topological polar surface area (TPSA) is 37.3 Å². The molecule has 2 nitrogen and oxygen atoms in total. The third-order valence-electron chi connectivity index (χ3n) is 2.77. The number of halogens is 3. The molecule has 0 fully saturated rings. The fraction of sp³-hybridized carbons (Fsp3) is 0.0714. The van der Waals surface area contributed by atoms with Crippen molar-refractivity contribution in [3.8, 4) is 11.1 Å². The van der Waals surface area contributed by atoms with E-state index in [0.29, 0.717) is 0 Å². The van der Waals surface area contributed by atoms with Crippen molar-refractivity contribution in [2.24, 2.45) is 0 Å². The molecule has 2 aromatic rings. The molecule has 0 aromatic heterocycles. The molecule has 0 aliphatic heterocycles. The van der Waals surface area contributed by atoms with Crippen LogP contribution in [0.5, 0.6) is 0 Å². The Balaban J connectivity index is 2.75. The van der Waals surface area contributed by atoms with Crippen LogP contribution < -0.4 is 0 Å². The zero-order valence-corrected chi connectivity index (χ0v) is 9.88. The molecule has 0 bridgehead atoms. The van der Waals surface area contributed by atoms with E-state index in [9.17, 15) is 18.0 Å². The summed E-state index contributed by atoms with van der Waals surface area (Å²) in [6.45, 7) is 1.41. The summed E-state index contributed by atoms with van der Waals surface area (Å²) in [4.78, 5) is 10.8. The van der Waals surface area contributed by atoms with E-state index < -0.39 is 34.5 Å². The molecule has 0 unspecified atom stereocenters. The Labute approximate surface area is 107 Å². The van der Waals surface area contributed by atoms with E-state index in [-0.39, 0.29) is 11.1 Å². The molecular formula is C14H9F3O2. The van der Waals surface area contributed by atoms with Gasteiger partial charge in [0.2, 0.25) is 0 Å². The molecule has 0 saturated heterocycles. The molecule has 19 heavy (non-hydrogen) atoms. The summed E-state index contributed by atoms with van der Waals surface area (Å²) in [6, 6.07) is 5.07. The van der Waals surface area contributed by atoms with Crippen molar-refractivity contribution in [1.82, 2.24) is 0 Å². The lowest BCUT2D eigenvalue weighted by atomic mass is 9.99. The monoisotopic (exact) mass is 266 g/mol. The molecule has 0 aliphatic rings. The quantitative estimate of drug-likeness (QED) is 0.898. The fourth-order valence-corrected chi connectivity index (χ4v) is 1.75. The first-order valence-corrected chi connectivity index (χ1v) is 5.39. The van der Waals surface area contributed by atoms with Gasteiger partial charge in [0.05, 0.1) is 11.1 Å². The van der Waals surface area contributed by atoms with Gasteiger partial charge in [0.15, 0.2) is 0 Å². The highest BCUT2D eigenvalue weighted by Crippen LogP contribution is 2.30. The van der Waals surface area contributed by atoms with Crippen LogP contribution in [0.4, 0.5) is 13.2 Å². The van der Waals surface area contributed by atoms with Crippen LogP contribution in [0.3, 0.4) is 0 Å². The summed E-state index contributed by atoms with van der Waals surface area (Å²) < 4.78 is 41.3. The highest BCUT2D eigenvalue weighted by Gasteiger charge is 2.18. The third kappa shape index (κ3) is 2.31. The minimum atomic E-state index is -1.30. The van der Waals surface area contributed by atoms with Crippen LogP contribution in [-0.4, -0.2) is 11.1 Å². The van der Waals surface area contributed by atoms with E-state index in [1.165, 1.54) is 13.0 Å². The van der Waals surface area contributed by atoms with Crippen molar-refractivity contribution in [1.29, 1.82) is 0 Å². The average molecular weight is 266 g/mol. The largest absolute Gasteiger partial charge is 0.478 e. The Hall–Kier alpha value is -2.30. The summed E-state index contributed by atoms with van der Waals surface area (Å²) in [5.41, 5.74) is -1.05. The number of benzene rings is 2. The number of rotatable bonds is 2. The first kappa shape index (κ1) is 13.1. The van der Waals surface area contributed by atoms with E-state index in [2.05, 4.69) is 0 Å². The maximum absolute atomic E-state index is 13.9. The van der Waals surface area contributed by atoms with E-state index in [1.807, 2.05) is 0 Å². The lowest BCUT2D eigenvalue weighted by Crippen LogP contribution is -2.00. The maximum atomic E-state index is 13.9. The highest BCUT2D eigenvalue weighted by atomic mass is 19.1. The fourth-order valence-electron chi connectivity index (χ4n) is 1.75. The normalized spacial score (nSPS) is 10.5. The van der Waals surface area contributed by atoms with Crippen LogP contribution in [-0.2, 0) is 0 Å². The lowest BCUT2D eigenvalue weighted by molar-refractivity contribution is 0.0697. The highest BCUT2D eigenvalue weighted by molar-refractivity contribution is 5.89. The zero-order valence-electron chi connectivity index (χ0n) is 9.88.